The van der Waals surface area contributed by atoms with Crippen LogP contribution >= 0.6 is 23.2 Å². The first-order valence-corrected chi connectivity index (χ1v) is 5.39. The minimum Gasteiger partial charge on any atom is -0.243 e. The molecular formula is C11H6Cl2F3N. The average Bonchev–Trinajstić information content (AvgIpc) is 2.21. The van der Waals surface area contributed by atoms with Crippen molar-refractivity contribution in [2.45, 2.75) is 13.1 Å². The molecule has 0 N–H and O–H groups in total. The van der Waals surface area contributed by atoms with Crippen LogP contribution in [0.2, 0.25) is 10.0 Å². The van der Waals surface area contributed by atoms with E-state index in [0.717, 1.165) is 11.6 Å². The molecule has 2 aromatic rings. The summed E-state index contributed by atoms with van der Waals surface area (Å²) in [6.45, 7) is 1.75. The fourth-order valence-corrected chi connectivity index (χ4v) is 2.09. The minimum absolute atomic E-state index is 0.0453. The SMILES string of the molecule is Cc1ccc2nc(C(F)(F)F)cc(Cl)c2c1Cl. The normalized spacial score (nSPS) is 12.1. The molecule has 1 heterocycles. The van der Waals surface area contributed by atoms with Crippen LogP contribution in [-0.2, 0) is 6.18 Å². The molecule has 1 aromatic carbocycles. The Morgan fingerprint density at radius 3 is 2.41 bits per heavy atom. The van der Waals surface area contributed by atoms with Gasteiger partial charge in [-0.05, 0) is 24.6 Å². The highest BCUT2D eigenvalue weighted by atomic mass is 35.5. The van der Waals surface area contributed by atoms with Crippen molar-refractivity contribution in [1.82, 2.24) is 4.98 Å². The van der Waals surface area contributed by atoms with Gasteiger partial charge in [0, 0.05) is 5.39 Å². The van der Waals surface area contributed by atoms with Crippen LogP contribution in [0.3, 0.4) is 0 Å². The van der Waals surface area contributed by atoms with Crippen molar-refractivity contribution in [2.75, 3.05) is 0 Å². The fourth-order valence-electron chi connectivity index (χ4n) is 1.49. The lowest BCUT2D eigenvalue weighted by Gasteiger charge is -2.10. The fraction of sp³-hybridized carbons (Fsp3) is 0.182. The maximum Gasteiger partial charge on any atom is 0.433 e. The second kappa shape index (κ2) is 4.03. The highest BCUT2D eigenvalue weighted by Crippen LogP contribution is 2.36. The predicted octanol–water partition coefficient (Wildman–Crippen LogP) is 4.87. The summed E-state index contributed by atoms with van der Waals surface area (Å²) >= 11 is 11.8. The number of benzene rings is 1. The topological polar surface area (TPSA) is 12.9 Å². The molecular weight excluding hydrogens is 274 g/mol. The van der Waals surface area contributed by atoms with E-state index < -0.39 is 11.9 Å². The smallest absolute Gasteiger partial charge is 0.243 e. The standard InChI is InChI=1S/C11H6Cl2F3N/c1-5-2-3-7-9(10(5)13)6(12)4-8(17-7)11(14,15)16/h2-4H,1H3. The average molecular weight is 280 g/mol. The summed E-state index contributed by atoms with van der Waals surface area (Å²) in [5.74, 6) is 0. The molecule has 0 spiro atoms. The lowest BCUT2D eigenvalue weighted by molar-refractivity contribution is -0.140. The summed E-state index contributed by atoms with van der Waals surface area (Å²) in [6.07, 6.45) is -4.52. The molecule has 90 valence electrons. The van der Waals surface area contributed by atoms with Crippen molar-refractivity contribution >= 4 is 34.1 Å². The Morgan fingerprint density at radius 1 is 1.18 bits per heavy atom. The largest absolute Gasteiger partial charge is 0.433 e. The Morgan fingerprint density at radius 2 is 1.82 bits per heavy atom. The Bertz CT molecular complexity index is 593. The quantitative estimate of drug-likeness (QED) is 0.671. The van der Waals surface area contributed by atoms with Gasteiger partial charge in [-0.2, -0.15) is 13.2 Å². The van der Waals surface area contributed by atoms with E-state index in [-0.39, 0.29) is 10.5 Å². The molecule has 0 bridgehead atoms. The van der Waals surface area contributed by atoms with Crippen molar-refractivity contribution in [3.63, 3.8) is 0 Å². The molecule has 0 unspecified atom stereocenters. The van der Waals surface area contributed by atoms with Crippen molar-refractivity contribution in [1.29, 1.82) is 0 Å². The van der Waals surface area contributed by atoms with Gasteiger partial charge >= 0.3 is 6.18 Å². The Balaban J connectivity index is 2.82. The van der Waals surface area contributed by atoms with Crippen LogP contribution in [-0.4, -0.2) is 4.98 Å². The lowest BCUT2D eigenvalue weighted by Crippen LogP contribution is -2.08. The lowest BCUT2D eigenvalue weighted by atomic mass is 10.1. The number of rotatable bonds is 0. The minimum atomic E-state index is -4.52. The number of fused-ring (bicyclic) bond motifs is 1. The molecule has 0 amide bonds. The number of hydrogen-bond donors (Lipinski definition) is 0. The van der Waals surface area contributed by atoms with Crippen molar-refractivity contribution in [3.8, 4) is 0 Å². The van der Waals surface area contributed by atoms with Crippen LogP contribution in [0.1, 0.15) is 11.3 Å². The second-order valence-corrected chi connectivity index (χ2v) is 4.36. The molecule has 1 nitrogen and oxygen atoms in total. The van der Waals surface area contributed by atoms with E-state index >= 15 is 0 Å². The van der Waals surface area contributed by atoms with Crippen LogP contribution in [0.5, 0.6) is 0 Å². The third-order valence-corrected chi connectivity index (χ3v) is 3.13. The molecule has 0 radical (unpaired) electrons. The second-order valence-electron chi connectivity index (χ2n) is 3.58. The van der Waals surface area contributed by atoms with Gasteiger partial charge in [-0.25, -0.2) is 4.98 Å². The van der Waals surface area contributed by atoms with Gasteiger partial charge in [0.1, 0.15) is 5.69 Å². The van der Waals surface area contributed by atoms with Gasteiger partial charge in [-0.1, -0.05) is 29.3 Å². The van der Waals surface area contributed by atoms with Gasteiger partial charge < -0.3 is 0 Å². The molecule has 6 heteroatoms. The molecule has 0 aliphatic rings. The molecule has 0 aliphatic heterocycles. The number of nitrogens with zero attached hydrogens (tertiary/aromatic N) is 1. The summed E-state index contributed by atoms with van der Waals surface area (Å²) in [5, 5.41) is 0.631. The first-order chi connectivity index (χ1) is 7.80. The van der Waals surface area contributed by atoms with Gasteiger partial charge in [0.25, 0.3) is 0 Å². The molecule has 0 fully saturated rings. The van der Waals surface area contributed by atoms with Crippen molar-refractivity contribution in [2.24, 2.45) is 0 Å². The number of pyridine rings is 1. The number of aryl methyl sites for hydroxylation is 1. The zero-order valence-corrected chi connectivity index (χ0v) is 10.1. The van der Waals surface area contributed by atoms with Crippen molar-refractivity contribution < 1.29 is 13.2 Å². The van der Waals surface area contributed by atoms with Crippen LogP contribution < -0.4 is 0 Å². The van der Waals surface area contributed by atoms with E-state index in [2.05, 4.69) is 4.98 Å². The maximum absolute atomic E-state index is 12.5. The van der Waals surface area contributed by atoms with E-state index in [1.54, 1.807) is 13.0 Å². The van der Waals surface area contributed by atoms with E-state index in [9.17, 15) is 13.2 Å². The Hall–Kier alpha value is -1.000. The number of alkyl halides is 3. The molecule has 0 aliphatic carbocycles. The maximum atomic E-state index is 12.5. The molecule has 0 saturated heterocycles. The number of halogens is 5. The van der Waals surface area contributed by atoms with Crippen LogP contribution in [0, 0.1) is 6.92 Å². The Kier molecular flexibility index (Phi) is 2.96. The highest BCUT2D eigenvalue weighted by Gasteiger charge is 2.33. The number of hydrogen-bond acceptors (Lipinski definition) is 1. The van der Waals surface area contributed by atoms with Crippen molar-refractivity contribution in [3.05, 3.63) is 39.5 Å². The zero-order valence-electron chi connectivity index (χ0n) is 8.57. The molecule has 17 heavy (non-hydrogen) atoms. The van der Waals surface area contributed by atoms with E-state index in [4.69, 9.17) is 23.2 Å². The summed E-state index contributed by atoms with van der Waals surface area (Å²) < 4.78 is 37.6. The third kappa shape index (κ3) is 2.19. The monoisotopic (exact) mass is 279 g/mol. The first kappa shape index (κ1) is 12.5. The third-order valence-electron chi connectivity index (χ3n) is 2.35. The van der Waals surface area contributed by atoms with Gasteiger partial charge in [0.2, 0.25) is 0 Å². The van der Waals surface area contributed by atoms with E-state index in [0.29, 0.717) is 10.4 Å². The highest BCUT2D eigenvalue weighted by molar-refractivity contribution is 6.42. The molecule has 1 aromatic heterocycles. The summed E-state index contributed by atoms with van der Waals surface area (Å²) in [6, 6.07) is 3.86. The molecule has 0 atom stereocenters. The Labute approximate surface area is 105 Å². The van der Waals surface area contributed by atoms with Gasteiger partial charge in [0.05, 0.1) is 15.6 Å². The summed E-state index contributed by atoms with van der Waals surface area (Å²) in [4.78, 5) is 3.52. The zero-order chi connectivity index (χ0) is 12.8. The number of aromatic nitrogens is 1. The van der Waals surface area contributed by atoms with E-state index in [1.807, 2.05) is 0 Å². The van der Waals surface area contributed by atoms with Gasteiger partial charge in [0.15, 0.2) is 0 Å². The predicted molar refractivity (Wildman–Crippen MR) is 61.5 cm³/mol. The van der Waals surface area contributed by atoms with Gasteiger partial charge in [-0.3, -0.25) is 0 Å². The van der Waals surface area contributed by atoms with Crippen LogP contribution in [0.4, 0.5) is 13.2 Å². The van der Waals surface area contributed by atoms with Gasteiger partial charge in [-0.15, -0.1) is 0 Å². The molecule has 2 rings (SSSR count). The summed E-state index contributed by atoms with van der Waals surface area (Å²) in [5.41, 5.74) is -0.141. The first-order valence-electron chi connectivity index (χ1n) is 4.63. The summed E-state index contributed by atoms with van der Waals surface area (Å²) in [7, 11) is 0. The molecule has 0 saturated carbocycles. The van der Waals surface area contributed by atoms with E-state index in [1.165, 1.54) is 6.07 Å². The van der Waals surface area contributed by atoms with Crippen LogP contribution in [0.15, 0.2) is 18.2 Å². The van der Waals surface area contributed by atoms with Crippen LogP contribution in [0.25, 0.3) is 10.9 Å².